The molecule has 128 valence electrons. The van der Waals surface area contributed by atoms with Crippen LogP contribution < -0.4 is 14.8 Å². The number of nitriles is 1. The van der Waals surface area contributed by atoms with Gasteiger partial charge in [-0.25, -0.2) is 0 Å². The third-order valence-electron chi connectivity index (χ3n) is 3.29. The number of nitrogens with zero attached hydrogens (tertiary/aromatic N) is 2. The number of amides is 1. The summed E-state index contributed by atoms with van der Waals surface area (Å²) in [6.07, 6.45) is -0.988. The highest BCUT2D eigenvalue weighted by Crippen LogP contribution is 2.31. The largest absolute Gasteiger partial charge is 0.496 e. The third kappa shape index (κ3) is 4.45. The quantitative estimate of drug-likeness (QED) is 0.638. The second-order valence-corrected chi connectivity index (χ2v) is 5.03. The van der Waals surface area contributed by atoms with E-state index in [1.54, 1.807) is 18.2 Å². The summed E-state index contributed by atoms with van der Waals surface area (Å²) in [5, 5.41) is 22.6. The van der Waals surface area contributed by atoms with E-state index in [4.69, 9.17) is 14.7 Å². The lowest BCUT2D eigenvalue weighted by molar-refractivity contribution is -0.386. The van der Waals surface area contributed by atoms with E-state index in [-0.39, 0.29) is 11.4 Å². The monoisotopic (exact) mass is 341 g/mol. The van der Waals surface area contributed by atoms with Crippen LogP contribution in [0.1, 0.15) is 12.5 Å². The normalized spacial score (nSPS) is 11.1. The highest BCUT2D eigenvalue weighted by Gasteiger charge is 2.22. The number of carbonyl (C=O) groups is 1. The number of anilines is 1. The molecule has 8 nitrogen and oxygen atoms in total. The summed E-state index contributed by atoms with van der Waals surface area (Å²) in [5.41, 5.74) is 0.534. The molecular weight excluding hydrogens is 326 g/mol. The molecule has 8 heteroatoms. The van der Waals surface area contributed by atoms with Gasteiger partial charge in [0.25, 0.3) is 5.91 Å². The van der Waals surface area contributed by atoms with Crippen molar-refractivity contribution in [3.05, 3.63) is 58.1 Å². The average molecular weight is 341 g/mol. The fraction of sp³-hybridized carbons (Fsp3) is 0.176. The van der Waals surface area contributed by atoms with E-state index in [1.165, 1.54) is 38.3 Å². The van der Waals surface area contributed by atoms with Crippen molar-refractivity contribution in [2.45, 2.75) is 13.0 Å². The van der Waals surface area contributed by atoms with Gasteiger partial charge in [-0.1, -0.05) is 6.07 Å². The van der Waals surface area contributed by atoms with Gasteiger partial charge < -0.3 is 14.8 Å². The molecule has 2 aromatic carbocycles. The molecule has 0 aliphatic heterocycles. The average Bonchev–Trinajstić information content (AvgIpc) is 2.61. The molecule has 0 aliphatic rings. The van der Waals surface area contributed by atoms with E-state index in [1.807, 2.05) is 6.07 Å². The molecular formula is C17H15N3O5. The number of nitro groups is 1. The molecule has 1 N–H and O–H groups in total. The Morgan fingerprint density at radius 3 is 2.72 bits per heavy atom. The molecule has 2 rings (SSSR count). The predicted molar refractivity (Wildman–Crippen MR) is 89.5 cm³/mol. The van der Waals surface area contributed by atoms with Gasteiger partial charge in [0.05, 0.1) is 29.7 Å². The highest BCUT2D eigenvalue weighted by molar-refractivity contribution is 5.94. The molecule has 0 fully saturated rings. The minimum absolute atomic E-state index is 0.0424. The number of methoxy groups -OCH3 is 1. The number of rotatable bonds is 6. The van der Waals surface area contributed by atoms with Crippen molar-refractivity contribution in [2.24, 2.45) is 0 Å². The fourth-order valence-corrected chi connectivity index (χ4v) is 2.02. The van der Waals surface area contributed by atoms with Crippen molar-refractivity contribution in [1.29, 1.82) is 5.26 Å². The molecule has 0 radical (unpaired) electrons. The van der Waals surface area contributed by atoms with Crippen LogP contribution in [0.3, 0.4) is 0 Å². The minimum atomic E-state index is -0.988. The Morgan fingerprint density at radius 2 is 2.08 bits per heavy atom. The number of nitro benzene ring substituents is 1. The van der Waals surface area contributed by atoms with Crippen molar-refractivity contribution in [3.8, 4) is 17.6 Å². The lowest BCUT2D eigenvalue weighted by Gasteiger charge is -2.15. The molecule has 1 atom stereocenters. The van der Waals surface area contributed by atoms with Crippen LogP contribution in [0, 0.1) is 21.4 Å². The van der Waals surface area contributed by atoms with Gasteiger partial charge in [-0.15, -0.1) is 0 Å². The Hall–Kier alpha value is -3.60. The van der Waals surface area contributed by atoms with Crippen molar-refractivity contribution in [1.82, 2.24) is 0 Å². The minimum Gasteiger partial charge on any atom is -0.496 e. The van der Waals surface area contributed by atoms with E-state index >= 15 is 0 Å². The SMILES string of the molecule is COc1ccc(O[C@H](C)C(=O)Nc2cccc(C#N)c2)c([N+](=O)[O-])c1. The number of ether oxygens (including phenoxy) is 2. The first-order chi connectivity index (χ1) is 11.9. The van der Waals surface area contributed by atoms with Gasteiger partial charge in [0.15, 0.2) is 11.9 Å². The van der Waals surface area contributed by atoms with Crippen molar-refractivity contribution in [2.75, 3.05) is 12.4 Å². The van der Waals surface area contributed by atoms with Gasteiger partial charge in [-0.2, -0.15) is 5.26 Å². The van der Waals surface area contributed by atoms with Gasteiger partial charge in [-0.05, 0) is 37.3 Å². The molecule has 0 aliphatic carbocycles. The van der Waals surface area contributed by atoms with Gasteiger partial charge in [0, 0.05) is 5.69 Å². The fourth-order valence-electron chi connectivity index (χ4n) is 2.02. The lowest BCUT2D eigenvalue weighted by Crippen LogP contribution is -2.30. The van der Waals surface area contributed by atoms with Crippen LogP contribution >= 0.6 is 0 Å². The molecule has 2 aromatic rings. The lowest BCUT2D eigenvalue weighted by atomic mass is 10.2. The zero-order chi connectivity index (χ0) is 18.4. The first kappa shape index (κ1) is 17.7. The summed E-state index contributed by atoms with van der Waals surface area (Å²) < 4.78 is 10.4. The topological polar surface area (TPSA) is 114 Å². The Kier molecular flexibility index (Phi) is 5.53. The van der Waals surface area contributed by atoms with E-state index < -0.39 is 16.9 Å². The van der Waals surface area contributed by atoms with E-state index in [2.05, 4.69) is 5.32 Å². The van der Waals surface area contributed by atoms with Crippen molar-refractivity contribution in [3.63, 3.8) is 0 Å². The summed E-state index contributed by atoms with van der Waals surface area (Å²) >= 11 is 0. The molecule has 0 saturated heterocycles. The van der Waals surface area contributed by atoms with E-state index in [0.29, 0.717) is 17.0 Å². The highest BCUT2D eigenvalue weighted by atomic mass is 16.6. The zero-order valence-electron chi connectivity index (χ0n) is 13.6. The molecule has 0 heterocycles. The van der Waals surface area contributed by atoms with Crippen LogP contribution in [0.5, 0.6) is 11.5 Å². The van der Waals surface area contributed by atoms with Crippen LogP contribution in [0.15, 0.2) is 42.5 Å². The van der Waals surface area contributed by atoms with Crippen molar-refractivity contribution >= 4 is 17.3 Å². The Morgan fingerprint density at radius 1 is 1.32 bits per heavy atom. The molecule has 0 aromatic heterocycles. The molecule has 1 amide bonds. The van der Waals surface area contributed by atoms with Crippen LogP contribution in [0.4, 0.5) is 11.4 Å². The van der Waals surface area contributed by atoms with Crippen molar-refractivity contribution < 1.29 is 19.2 Å². The second kappa shape index (κ2) is 7.79. The number of nitrogens with one attached hydrogen (secondary N) is 1. The van der Waals surface area contributed by atoms with Gasteiger partial charge in [0.2, 0.25) is 0 Å². The summed E-state index contributed by atoms with van der Waals surface area (Å²) in [5.74, 6) is -0.232. The predicted octanol–water partition coefficient (Wildman–Crippen LogP) is 2.88. The molecule has 0 saturated carbocycles. The standard InChI is InChI=1S/C17H15N3O5/c1-11(17(21)19-13-5-3-4-12(8-13)10-18)25-16-7-6-14(24-2)9-15(16)20(22)23/h3-9,11H,1-2H3,(H,19,21)/t11-/m1/s1. The van der Waals surface area contributed by atoms with Crippen LogP contribution in [-0.4, -0.2) is 24.0 Å². The molecule has 0 unspecified atom stereocenters. The zero-order valence-corrected chi connectivity index (χ0v) is 13.6. The smallest absolute Gasteiger partial charge is 0.314 e. The van der Waals surface area contributed by atoms with E-state index in [9.17, 15) is 14.9 Å². The Bertz CT molecular complexity index is 844. The number of carbonyl (C=O) groups excluding carboxylic acids is 1. The van der Waals surface area contributed by atoms with Crippen LogP contribution in [0.25, 0.3) is 0 Å². The molecule has 25 heavy (non-hydrogen) atoms. The molecule has 0 bridgehead atoms. The molecule has 0 spiro atoms. The maximum absolute atomic E-state index is 12.2. The van der Waals surface area contributed by atoms with E-state index in [0.717, 1.165) is 0 Å². The van der Waals surface area contributed by atoms with Crippen LogP contribution in [-0.2, 0) is 4.79 Å². The second-order valence-electron chi connectivity index (χ2n) is 5.03. The maximum atomic E-state index is 12.2. The van der Waals surface area contributed by atoms with Gasteiger partial charge >= 0.3 is 5.69 Å². The maximum Gasteiger partial charge on any atom is 0.314 e. The summed E-state index contributed by atoms with van der Waals surface area (Å²) in [6.45, 7) is 1.47. The number of hydrogen-bond donors (Lipinski definition) is 1. The summed E-state index contributed by atoms with van der Waals surface area (Å²) in [7, 11) is 1.39. The number of hydrogen-bond acceptors (Lipinski definition) is 6. The Balaban J connectivity index is 2.13. The van der Waals surface area contributed by atoms with Gasteiger partial charge in [-0.3, -0.25) is 14.9 Å². The van der Waals surface area contributed by atoms with Crippen LogP contribution in [0.2, 0.25) is 0 Å². The third-order valence-corrected chi connectivity index (χ3v) is 3.29. The number of benzene rings is 2. The summed E-state index contributed by atoms with van der Waals surface area (Å²) in [4.78, 5) is 22.7. The Labute approximate surface area is 143 Å². The summed E-state index contributed by atoms with van der Waals surface area (Å²) in [6, 6.07) is 12.4. The first-order valence-electron chi connectivity index (χ1n) is 7.24. The van der Waals surface area contributed by atoms with Gasteiger partial charge in [0.1, 0.15) is 5.75 Å². The first-order valence-corrected chi connectivity index (χ1v) is 7.24.